The summed E-state index contributed by atoms with van der Waals surface area (Å²) in [7, 11) is 0. The number of rotatable bonds is 6. The van der Waals surface area contributed by atoms with Gasteiger partial charge in [-0.25, -0.2) is 0 Å². The average molecular weight is 246 g/mol. The minimum atomic E-state index is -0.641. The molecule has 0 aliphatic rings. The number of carbonyl (C=O) groups excluding carboxylic acids is 1. The van der Waals surface area contributed by atoms with Crippen LogP contribution in [0, 0.1) is 11.3 Å². The van der Waals surface area contributed by atoms with Crippen molar-refractivity contribution in [3.05, 3.63) is 0 Å². The first-order valence-corrected chi connectivity index (χ1v) is 6.23. The number of carbonyl (C=O) groups is 1. The molecule has 0 aromatic rings. The summed E-state index contributed by atoms with van der Waals surface area (Å²) in [5.41, 5.74) is -0.514. The molecule has 0 heterocycles. The molecule has 3 atom stereocenters. The number of esters is 1. The predicted octanol–water partition coefficient (Wildman–Crippen LogP) is 1.73. The Balaban J connectivity index is 3.94. The fourth-order valence-corrected chi connectivity index (χ4v) is 1.38. The first kappa shape index (κ1) is 16.4. The van der Waals surface area contributed by atoms with Crippen molar-refractivity contribution in [2.45, 2.75) is 59.7 Å². The summed E-state index contributed by atoms with van der Waals surface area (Å²) >= 11 is 0. The van der Waals surface area contributed by atoms with Crippen LogP contribution in [-0.2, 0) is 9.53 Å². The summed E-state index contributed by atoms with van der Waals surface area (Å²) in [5.74, 6) is -0.471. The van der Waals surface area contributed by atoms with Gasteiger partial charge < -0.3 is 14.9 Å². The van der Waals surface area contributed by atoms with E-state index in [1.54, 1.807) is 27.7 Å². The van der Waals surface area contributed by atoms with Gasteiger partial charge in [0.25, 0.3) is 0 Å². The summed E-state index contributed by atoms with van der Waals surface area (Å²) in [5, 5.41) is 19.4. The van der Waals surface area contributed by atoms with Crippen molar-refractivity contribution in [3.63, 3.8) is 0 Å². The summed E-state index contributed by atoms with van der Waals surface area (Å²) < 4.78 is 5.06. The lowest BCUT2D eigenvalue weighted by atomic mass is 9.94. The largest absolute Gasteiger partial charge is 0.465 e. The molecular formula is C13H26O4. The topological polar surface area (TPSA) is 66.8 Å². The molecule has 0 bridgehead atoms. The van der Waals surface area contributed by atoms with Crippen LogP contribution < -0.4 is 0 Å². The Bertz CT molecular complexity index is 232. The third-order valence-corrected chi connectivity index (χ3v) is 2.89. The van der Waals surface area contributed by atoms with Gasteiger partial charge >= 0.3 is 5.97 Å². The number of aliphatic hydroxyl groups is 2. The SMILES string of the molecule is CC[C@@H](O)[C@@H](C)[C@H](O)CCOC(=O)C(C)(C)C. The molecule has 2 N–H and O–H groups in total. The maximum atomic E-state index is 11.5. The third-order valence-electron chi connectivity index (χ3n) is 2.89. The Labute approximate surface area is 104 Å². The molecule has 0 saturated carbocycles. The molecule has 102 valence electrons. The highest BCUT2D eigenvalue weighted by Gasteiger charge is 2.25. The van der Waals surface area contributed by atoms with E-state index < -0.39 is 17.6 Å². The Morgan fingerprint density at radius 1 is 1.24 bits per heavy atom. The maximum Gasteiger partial charge on any atom is 0.311 e. The third kappa shape index (κ3) is 6.03. The molecular weight excluding hydrogens is 220 g/mol. The molecule has 0 radical (unpaired) electrons. The van der Waals surface area contributed by atoms with E-state index in [0.29, 0.717) is 12.8 Å². The number of ether oxygens (including phenoxy) is 1. The van der Waals surface area contributed by atoms with Crippen molar-refractivity contribution in [1.82, 2.24) is 0 Å². The summed E-state index contributed by atoms with van der Waals surface area (Å²) in [6, 6.07) is 0. The summed E-state index contributed by atoms with van der Waals surface area (Å²) in [4.78, 5) is 11.5. The standard InChI is InChI=1S/C13H26O4/c1-6-10(14)9(2)11(15)7-8-17-12(16)13(3,4)5/h9-11,14-15H,6-8H2,1-5H3/t9-,10-,11-/m1/s1. The van der Waals surface area contributed by atoms with Gasteiger partial charge in [0.1, 0.15) is 0 Å². The van der Waals surface area contributed by atoms with E-state index in [4.69, 9.17) is 4.74 Å². The van der Waals surface area contributed by atoms with Gasteiger partial charge in [-0.2, -0.15) is 0 Å². The van der Waals surface area contributed by atoms with Crippen LogP contribution >= 0.6 is 0 Å². The first-order chi connectivity index (χ1) is 7.70. The van der Waals surface area contributed by atoms with Gasteiger partial charge in [-0.05, 0) is 27.2 Å². The zero-order valence-corrected chi connectivity index (χ0v) is 11.6. The molecule has 4 nitrogen and oxygen atoms in total. The molecule has 0 aliphatic carbocycles. The fraction of sp³-hybridized carbons (Fsp3) is 0.923. The van der Waals surface area contributed by atoms with Crippen molar-refractivity contribution in [3.8, 4) is 0 Å². The second-order valence-corrected chi connectivity index (χ2v) is 5.58. The van der Waals surface area contributed by atoms with Crippen molar-refractivity contribution < 1.29 is 19.7 Å². The van der Waals surface area contributed by atoms with Crippen molar-refractivity contribution in [2.24, 2.45) is 11.3 Å². The second-order valence-electron chi connectivity index (χ2n) is 5.58. The van der Waals surface area contributed by atoms with Crippen molar-refractivity contribution in [1.29, 1.82) is 0 Å². The van der Waals surface area contributed by atoms with Crippen LogP contribution in [0.1, 0.15) is 47.5 Å². The molecule has 0 spiro atoms. The van der Waals surface area contributed by atoms with E-state index in [2.05, 4.69) is 0 Å². The minimum Gasteiger partial charge on any atom is -0.465 e. The van der Waals surface area contributed by atoms with Crippen LogP contribution in [0.2, 0.25) is 0 Å². The molecule has 0 fully saturated rings. The monoisotopic (exact) mass is 246 g/mol. The van der Waals surface area contributed by atoms with Gasteiger partial charge in [0.2, 0.25) is 0 Å². The highest BCUT2D eigenvalue weighted by Crippen LogP contribution is 2.17. The lowest BCUT2D eigenvalue weighted by Gasteiger charge is -2.23. The number of hydrogen-bond donors (Lipinski definition) is 2. The van der Waals surface area contributed by atoms with E-state index in [1.165, 1.54) is 0 Å². The van der Waals surface area contributed by atoms with Gasteiger partial charge in [0.05, 0.1) is 24.2 Å². The van der Waals surface area contributed by atoms with Crippen molar-refractivity contribution >= 4 is 5.97 Å². The lowest BCUT2D eigenvalue weighted by Crippen LogP contribution is -2.31. The highest BCUT2D eigenvalue weighted by atomic mass is 16.5. The van der Waals surface area contributed by atoms with E-state index >= 15 is 0 Å². The van der Waals surface area contributed by atoms with Crippen LogP contribution in [0.3, 0.4) is 0 Å². The van der Waals surface area contributed by atoms with Crippen LogP contribution in [0.4, 0.5) is 0 Å². The van der Waals surface area contributed by atoms with E-state index in [1.807, 2.05) is 6.92 Å². The molecule has 0 saturated heterocycles. The van der Waals surface area contributed by atoms with Gasteiger partial charge in [0, 0.05) is 12.3 Å². The normalized spacial score (nSPS) is 17.4. The fourth-order valence-electron chi connectivity index (χ4n) is 1.38. The van der Waals surface area contributed by atoms with Crippen LogP contribution in [0.15, 0.2) is 0 Å². The molecule has 0 aromatic heterocycles. The van der Waals surface area contributed by atoms with Gasteiger partial charge in [-0.15, -0.1) is 0 Å². The van der Waals surface area contributed by atoms with E-state index in [0.717, 1.165) is 0 Å². The first-order valence-electron chi connectivity index (χ1n) is 6.23. The van der Waals surface area contributed by atoms with Crippen LogP contribution in [-0.4, -0.2) is 35.0 Å². The molecule has 4 heteroatoms. The Morgan fingerprint density at radius 2 is 1.76 bits per heavy atom. The zero-order chi connectivity index (χ0) is 13.6. The molecule has 0 unspecified atom stereocenters. The Kier molecular flexibility index (Phi) is 6.72. The molecule has 17 heavy (non-hydrogen) atoms. The smallest absolute Gasteiger partial charge is 0.311 e. The zero-order valence-electron chi connectivity index (χ0n) is 11.6. The van der Waals surface area contributed by atoms with Crippen molar-refractivity contribution in [2.75, 3.05) is 6.61 Å². The Morgan fingerprint density at radius 3 is 2.18 bits per heavy atom. The molecule has 0 aliphatic heterocycles. The predicted molar refractivity (Wildman–Crippen MR) is 66.5 cm³/mol. The van der Waals surface area contributed by atoms with Crippen LogP contribution in [0.25, 0.3) is 0 Å². The van der Waals surface area contributed by atoms with E-state index in [-0.39, 0.29) is 18.5 Å². The van der Waals surface area contributed by atoms with Crippen LogP contribution in [0.5, 0.6) is 0 Å². The van der Waals surface area contributed by atoms with Gasteiger partial charge in [-0.3, -0.25) is 4.79 Å². The molecule has 0 rings (SSSR count). The lowest BCUT2D eigenvalue weighted by molar-refractivity contribution is -0.153. The second kappa shape index (κ2) is 6.97. The average Bonchev–Trinajstić information content (AvgIpc) is 2.25. The molecule has 0 aromatic carbocycles. The minimum absolute atomic E-state index is 0.193. The quantitative estimate of drug-likeness (QED) is 0.700. The van der Waals surface area contributed by atoms with Gasteiger partial charge in [-0.1, -0.05) is 13.8 Å². The summed E-state index contributed by atoms with van der Waals surface area (Å²) in [6.45, 7) is 9.22. The maximum absolute atomic E-state index is 11.5. The highest BCUT2D eigenvalue weighted by molar-refractivity contribution is 5.75. The molecule has 0 amide bonds. The summed E-state index contributed by atoms with van der Waals surface area (Å²) in [6.07, 6.45) is -0.180. The number of hydrogen-bond acceptors (Lipinski definition) is 4. The Hall–Kier alpha value is -0.610. The van der Waals surface area contributed by atoms with E-state index in [9.17, 15) is 15.0 Å². The van der Waals surface area contributed by atoms with Gasteiger partial charge in [0.15, 0.2) is 0 Å². The number of aliphatic hydroxyl groups excluding tert-OH is 2.